The number of ether oxygens (including phenoxy) is 2. The lowest BCUT2D eigenvalue weighted by atomic mass is 10.3. The first-order chi connectivity index (χ1) is 3.92. The summed E-state index contributed by atoms with van der Waals surface area (Å²) in [4.78, 5) is 0. The molecule has 0 bridgehead atoms. The van der Waals surface area contributed by atoms with Crippen LogP contribution in [-0.2, 0) is 9.47 Å². The molecule has 2 heteroatoms. The molecule has 0 aromatic carbocycles. The van der Waals surface area contributed by atoms with Crippen molar-refractivity contribution in [2.75, 3.05) is 7.11 Å². The first-order valence-corrected chi connectivity index (χ1v) is 3.10. The van der Waals surface area contributed by atoms with E-state index in [0.29, 0.717) is 18.3 Å². The molecule has 8 heavy (non-hydrogen) atoms. The summed E-state index contributed by atoms with van der Waals surface area (Å²) in [5.74, 6) is 0. The van der Waals surface area contributed by atoms with Crippen molar-refractivity contribution < 1.29 is 9.47 Å². The van der Waals surface area contributed by atoms with Gasteiger partial charge in [0.25, 0.3) is 0 Å². The summed E-state index contributed by atoms with van der Waals surface area (Å²) in [6.45, 7) is 0. The maximum absolute atomic E-state index is 5.23. The largest absolute Gasteiger partial charge is 0.379 e. The Hall–Kier alpha value is -0.0800. The number of hydrogen-bond donors (Lipinski definition) is 0. The fraction of sp³-hybridized carbons (Fsp3) is 1.00. The number of fused-ring (bicyclic) bond motifs is 1. The van der Waals surface area contributed by atoms with E-state index < -0.39 is 0 Å². The van der Waals surface area contributed by atoms with Crippen molar-refractivity contribution >= 4 is 0 Å². The Labute approximate surface area is 48.8 Å². The Morgan fingerprint density at radius 2 is 2.38 bits per heavy atom. The molecule has 0 amide bonds. The highest BCUT2D eigenvalue weighted by atomic mass is 16.6. The van der Waals surface area contributed by atoms with E-state index >= 15 is 0 Å². The summed E-state index contributed by atoms with van der Waals surface area (Å²) in [6, 6.07) is 0. The molecule has 3 atom stereocenters. The molecule has 1 heterocycles. The van der Waals surface area contributed by atoms with E-state index in [1.165, 1.54) is 12.8 Å². The van der Waals surface area contributed by atoms with Gasteiger partial charge in [-0.25, -0.2) is 0 Å². The van der Waals surface area contributed by atoms with Crippen LogP contribution in [0.25, 0.3) is 0 Å². The molecule has 0 aromatic rings. The van der Waals surface area contributed by atoms with Gasteiger partial charge in [0.1, 0.15) is 6.10 Å². The van der Waals surface area contributed by atoms with Crippen LogP contribution in [0.5, 0.6) is 0 Å². The number of rotatable bonds is 1. The van der Waals surface area contributed by atoms with Gasteiger partial charge in [-0.3, -0.25) is 0 Å². The van der Waals surface area contributed by atoms with Gasteiger partial charge >= 0.3 is 0 Å². The molecule has 0 aromatic heterocycles. The summed E-state index contributed by atoms with van der Waals surface area (Å²) in [5, 5.41) is 0. The smallest absolute Gasteiger partial charge is 0.110 e. The van der Waals surface area contributed by atoms with Crippen LogP contribution in [0.2, 0.25) is 0 Å². The molecule has 1 saturated carbocycles. The molecule has 0 radical (unpaired) electrons. The lowest BCUT2D eigenvalue weighted by molar-refractivity contribution is 0.0669. The van der Waals surface area contributed by atoms with Crippen molar-refractivity contribution in [1.29, 1.82) is 0 Å². The van der Waals surface area contributed by atoms with Gasteiger partial charge in [0, 0.05) is 7.11 Å². The minimum atomic E-state index is 0.417. The topological polar surface area (TPSA) is 21.8 Å². The average Bonchev–Trinajstić information content (AvgIpc) is 2.46. The highest BCUT2D eigenvalue weighted by molar-refractivity contribution is 4.98. The van der Waals surface area contributed by atoms with Crippen LogP contribution in [0.15, 0.2) is 0 Å². The third-order valence-corrected chi connectivity index (χ3v) is 2.03. The Morgan fingerprint density at radius 3 is 2.62 bits per heavy atom. The molecule has 0 spiro atoms. The third kappa shape index (κ3) is 0.501. The third-order valence-electron chi connectivity index (χ3n) is 2.03. The fourth-order valence-electron chi connectivity index (χ4n) is 1.46. The monoisotopic (exact) mass is 114 g/mol. The van der Waals surface area contributed by atoms with Gasteiger partial charge in [0.15, 0.2) is 0 Å². The van der Waals surface area contributed by atoms with Crippen molar-refractivity contribution in [1.82, 2.24) is 0 Å². The molecular formula is C6H10O2. The summed E-state index contributed by atoms with van der Waals surface area (Å²) in [7, 11) is 1.76. The molecule has 46 valence electrons. The molecule has 1 saturated heterocycles. The predicted molar refractivity (Wildman–Crippen MR) is 28.7 cm³/mol. The van der Waals surface area contributed by atoms with Gasteiger partial charge in [-0.05, 0) is 12.8 Å². The van der Waals surface area contributed by atoms with E-state index in [0.717, 1.165) is 0 Å². The van der Waals surface area contributed by atoms with Gasteiger partial charge in [0.05, 0.1) is 12.2 Å². The molecule has 2 aliphatic rings. The zero-order valence-corrected chi connectivity index (χ0v) is 4.96. The standard InChI is InChI=1S/C6H10O2/c1-7-4-2-3-5-6(4)8-5/h4-6H,2-3H2,1H3. The number of methoxy groups -OCH3 is 1. The van der Waals surface area contributed by atoms with Crippen molar-refractivity contribution in [3.63, 3.8) is 0 Å². The maximum atomic E-state index is 5.23. The van der Waals surface area contributed by atoms with Crippen molar-refractivity contribution in [2.45, 2.75) is 31.2 Å². The maximum Gasteiger partial charge on any atom is 0.110 e. The van der Waals surface area contributed by atoms with Crippen LogP contribution in [0.1, 0.15) is 12.8 Å². The van der Waals surface area contributed by atoms with Crippen LogP contribution in [-0.4, -0.2) is 25.4 Å². The summed E-state index contributed by atoms with van der Waals surface area (Å²) < 4.78 is 10.4. The van der Waals surface area contributed by atoms with E-state index in [2.05, 4.69) is 0 Å². The Bertz CT molecular complexity index is 103. The van der Waals surface area contributed by atoms with E-state index in [9.17, 15) is 0 Å². The van der Waals surface area contributed by atoms with Crippen LogP contribution in [0.3, 0.4) is 0 Å². The quantitative estimate of drug-likeness (QED) is 0.465. The zero-order valence-electron chi connectivity index (χ0n) is 4.96. The zero-order chi connectivity index (χ0) is 5.56. The van der Waals surface area contributed by atoms with Gasteiger partial charge < -0.3 is 9.47 Å². The van der Waals surface area contributed by atoms with Gasteiger partial charge in [0.2, 0.25) is 0 Å². The fourth-order valence-corrected chi connectivity index (χ4v) is 1.46. The van der Waals surface area contributed by atoms with Crippen LogP contribution in [0, 0.1) is 0 Å². The normalized spacial score (nSPS) is 51.4. The summed E-state index contributed by atoms with van der Waals surface area (Å²) >= 11 is 0. The molecule has 1 aliphatic heterocycles. The highest BCUT2D eigenvalue weighted by Crippen LogP contribution is 2.39. The van der Waals surface area contributed by atoms with Crippen LogP contribution >= 0.6 is 0 Å². The van der Waals surface area contributed by atoms with Crippen molar-refractivity contribution in [2.24, 2.45) is 0 Å². The first kappa shape index (κ1) is 4.77. The second kappa shape index (κ2) is 1.45. The molecule has 0 N–H and O–H groups in total. The predicted octanol–water partition coefficient (Wildman–Crippen LogP) is 0.563. The lowest BCUT2D eigenvalue weighted by Crippen LogP contribution is -2.12. The van der Waals surface area contributed by atoms with Crippen molar-refractivity contribution in [3.8, 4) is 0 Å². The molecule has 2 nitrogen and oxygen atoms in total. The van der Waals surface area contributed by atoms with Crippen LogP contribution in [0.4, 0.5) is 0 Å². The van der Waals surface area contributed by atoms with E-state index in [1.54, 1.807) is 7.11 Å². The second-order valence-electron chi connectivity index (χ2n) is 2.49. The Morgan fingerprint density at radius 1 is 1.50 bits per heavy atom. The SMILES string of the molecule is COC1CCC2OC12. The van der Waals surface area contributed by atoms with Gasteiger partial charge in [-0.1, -0.05) is 0 Å². The molecule has 2 rings (SSSR count). The summed E-state index contributed by atoms with van der Waals surface area (Å²) in [6.07, 6.45) is 3.87. The molecule has 3 unspecified atom stereocenters. The van der Waals surface area contributed by atoms with E-state index in [4.69, 9.17) is 9.47 Å². The highest BCUT2D eigenvalue weighted by Gasteiger charge is 2.50. The van der Waals surface area contributed by atoms with E-state index in [1.807, 2.05) is 0 Å². The number of epoxide rings is 1. The number of hydrogen-bond acceptors (Lipinski definition) is 2. The Kier molecular flexibility index (Phi) is 0.866. The second-order valence-corrected chi connectivity index (χ2v) is 2.49. The van der Waals surface area contributed by atoms with Crippen LogP contribution < -0.4 is 0 Å². The van der Waals surface area contributed by atoms with Gasteiger partial charge in [-0.2, -0.15) is 0 Å². The van der Waals surface area contributed by atoms with Crippen molar-refractivity contribution in [3.05, 3.63) is 0 Å². The average molecular weight is 114 g/mol. The molecule has 1 aliphatic carbocycles. The minimum absolute atomic E-state index is 0.417. The summed E-state index contributed by atoms with van der Waals surface area (Å²) in [5.41, 5.74) is 0. The molecule has 2 fully saturated rings. The minimum Gasteiger partial charge on any atom is -0.379 e. The van der Waals surface area contributed by atoms with Gasteiger partial charge in [-0.15, -0.1) is 0 Å². The Balaban J connectivity index is 1.97. The molecular weight excluding hydrogens is 104 g/mol. The first-order valence-electron chi connectivity index (χ1n) is 3.10. The van der Waals surface area contributed by atoms with E-state index in [-0.39, 0.29) is 0 Å². The lowest BCUT2D eigenvalue weighted by Gasteiger charge is -2.05.